The number of carboxylic acid groups (broad SMARTS) is 1. The van der Waals surface area contributed by atoms with Crippen molar-refractivity contribution in [3.05, 3.63) is 60.2 Å². The number of carbonyl (C=O) groups is 1. The summed E-state index contributed by atoms with van der Waals surface area (Å²) in [7, 11) is 0. The molecule has 0 aromatic heterocycles. The molecule has 0 saturated carbocycles. The van der Waals surface area contributed by atoms with Crippen molar-refractivity contribution in [2.45, 2.75) is 25.7 Å². The normalized spacial score (nSPS) is 11.3. The average Bonchev–Trinajstić information content (AvgIpc) is 2.38. The molecule has 0 bridgehead atoms. The topological polar surface area (TPSA) is 37.3 Å². The van der Waals surface area contributed by atoms with E-state index in [2.05, 4.69) is 12.1 Å². The molecule has 0 radical (unpaired) electrons. The molecule has 2 aromatic carbocycles. The van der Waals surface area contributed by atoms with Crippen molar-refractivity contribution in [1.29, 1.82) is 0 Å². The molecule has 98 valence electrons. The fraction of sp³-hybridized carbons (Fsp3) is 0.235. The molecule has 0 unspecified atom stereocenters. The molecule has 2 aromatic rings. The van der Waals surface area contributed by atoms with E-state index < -0.39 is 5.97 Å². The van der Waals surface area contributed by atoms with Gasteiger partial charge in [0, 0.05) is 5.41 Å². The SMILES string of the molecule is CC(C)(CC(=O)O)c1ccc(-c2ccccc2)cc1. The molecule has 1 N–H and O–H groups in total. The highest BCUT2D eigenvalue weighted by atomic mass is 16.4. The van der Waals surface area contributed by atoms with Gasteiger partial charge >= 0.3 is 5.97 Å². The third-order valence-electron chi connectivity index (χ3n) is 3.37. The van der Waals surface area contributed by atoms with Crippen LogP contribution in [0.3, 0.4) is 0 Å². The fourth-order valence-corrected chi connectivity index (χ4v) is 2.22. The minimum absolute atomic E-state index is 0.137. The van der Waals surface area contributed by atoms with Crippen molar-refractivity contribution in [2.75, 3.05) is 0 Å². The van der Waals surface area contributed by atoms with E-state index in [0.29, 0.717) is 0 Å². The largest absolute Gasteiger partial charge is 0.481 e. The van der Waals surface area contributed by atoms with Gasteiger partial charge in [0.2, 0.25) is 0 Å². The highest BCUT2D eigenvalue weighted by molar-refractivity contribution is 5.69. The van der Waals surface area contributed by atoms with Gasteiger partial charge in [-0.1, -0.05) is 68.4 Å². The minimum Gasteiger partial charge on any atom is -0.481 e. The fourth-order valence-electron chi connectivity index (χ4n) is 2.22. The summed E-state index contributed by atoms with van der Waals surface area (Å²) in [6.07, 6.45) is 0.137. The first kappa shape index (κ1) is 13.3. The molecular weight excluding hydrogens is 236 g/mol. The first-order chi connectivity index (χ1) is 8.99. The maximum absolute atomic E-state index is 10.9. The Morgan fingerprint density at radius 2 is 1.47 bits per heavy atom. The van der Waals surface area contributed by atoms with Crippen LogP contribution in [0.15, 0.2) is 54.6 Å². The maximum Gasteiger partial charge on any atom is 0.304 e. The average molecular weight is 254 g/mol. The number of hydrogen-bond donors (Lipinski definition) is 1. The second-order valence-corrected chi connectivity index (χ2v) is 5.40. The Balaban J connectivity index is 2.26. The molecule has 0 atom stereocenters. The molecule has 2 heteroatoms. The molecule has 0 heterocycles. The Morgan fingerprint density at radius 1 is 0.947 bits per heavy atom. The molecular formula is C17H18O2. The number of rotatable bonds is 4. The Bertz CT molecular complexity index is 554. The predicted molar refractivity (Wildman–Crippen MR) is 77.2 cm³/mol. The molecule has 2 rings (SSSR count). The highest BCUT2D eigenvalue weighted by Gasteiger charge is 2.23. The van der Waals surface area contributed by atoms with Gasteiger partial charge in [-0.2, -0.15) is 0 Å². The van der Waals surface area contributed by atoms with Gasteiger partial charge in [0.1, 0.15) is 0 Å². The van der Waals surface area contributed by atoms with E-state index in [1.54, 1.807) is 0 Å². The lowest BCUT2D eigenvalue weighted by molar-refractivity contribution is -0.138. The van der Waals surface area contributed by atoms with Gasteiger partial charge in [-0.3, -0.25) is 4.79 Å². The Hall–Kier alpha value is -2.09. The molecule has 19 heavy (non-hydrogen) atoms. The zero-order chi connectivity index (χ0) is 13.9. The second-order valence-electron chi connectivity index (χ2n) is 5.40. The van der Waals surface area contributed by atoms with Crippen molar-refractivity contribution in [3.63, 3.8) is 0 Å². The third kappa shape index (κ3) is 3.22. The smallest absolute Gasteiger partial charge is 0.304 e. The lowest BCUT2D eigenvalue weighted by Crippen LogP contribution is -2.21. The summed E-state index contributed by atoms with van der Waals surface area (Å²) >= 11 is 0. The Kier molecular flexibility index (Phi) is 3.70. The lowest BCUT2D eigenvalue weighted by Gasteiger charge is -2.23. The quantitative estimate of drug-likeness (QED) is 0.891. The van der Waals surface area contributed by atoms with E-state index in [4.69, 9.17) is 5.11 Å². The summed E-state index contributed by atoms with van der Waals surface area (Å²) in [5, 5.41) is 8.94. The van der Waals surface area contributed by atoms with E-state index in [1.807, 2.05) is 56.3 Å². The molecule has 0 aliphatic heterocycles. The summed E-state index contributed by atoms with van der Waals surface area (Å²) in [5.74, 6) is -0.767. The predicted octanol–water partition coefficient (Wildman–Crippen LogP) is 4.11. The summed E-state index contributed by atoms with van der Waals surface area (Å²) in [6, 6.07) is 18.3. The summed E-state index contributed by atoms with van der Waals surface area (Å²) in [6.45, 7) is 3.91. The van der Waals surface area contributed by atoms with Gasteiger partial charge in [0.05, 0.1) is 6.42 Å². The second kappa shape index (κ2) is 5.27. The first-order valence-corrected chi connectivity index (χ1v) is 6.37. The van der Waals surface area contributed by atoms with Crippen LogP contribution in [0.5, 0.6) is 0 Å². The van der Waals surface area contributed by atoms with E-state index in [0.717, 1.165) is 11.1 Å². The number of carboxylic acids is 1. The minimum atomic E-state index is -0.767. The van der Waals surface area contributed by atoms with Gasteiger partial charge < -0.3 is 5.11 Å². The summed E-state index contributed by atoms with van der Waals surface area (Å²) in [4.78, 5) is 10.9. The van der Waals surface area contributed by atoms with Crippen LogP contribution < -0.4 is 0 Å². The molecule has 0 saturated heterocycles. The first-order valence-electron chi connectivity index (χ1n) is 6.37. The Morgan fingerprint density at radius 3 is 2.00 bits per heavy atom. The van der Waals surface area contributed by atoms with Crippen LogP contribution >= 0.6 is 0 Å². The van der Waals surface area contributed by atoms with Crippen molar-refractivity contribution < 1.29 is 9.90 Å². The zero-order valence-corrected chi connectivity index (χ0v) is 11.3. The highest BCUT2D eigenvalue weighted by Crippen LogP contribution is 2.29. The van der Waals surface area contributed by atoms with E-state index >= 15 is 0 Å². The van der Waals surface area contributed by atoms with Gasteiger partial charge in [0.15, 0.2) is 0 Å². The van der Waals surface area contributed by atoms with Crippen molar-refractivity contribution in [2.24, 2.45) is 0 Å². The number of hydrogen-bond acceptors (Lipinski definition) is 1. The molecule has 0 aliphatic rings. The van der Waals surface area contributed by atoms with Gasteiger partial charge in [0.25, 0.3) is 0 Å². The summed E-state index contributed by atoms with van der Waals surface area (Å²) in [5.41, 5.74) is 3.02. The van der Waals surface area contributed by atoms with Crippen molar-refractivity contribution in [3.8, 4) is 11.1 Å². The van der Waals surface area contributed by atoms with Crippen LogP contribution in [-0.2, 0) is 10.2 Å². The van der Waals surface area contributed by atoms with Crippen LogP contribution in [0.1, 0.15) is 25.8 Å². The molecule has 0 amide bonds. The summed E-state index contributed by atoms with van der Waals surface area (Å²) < 4.78 is 0. The van der Waals surface area contributed by atoms with Crippen LogP contribution in [0.2, 0.25) is 0 Å². The lowest BCUT2D eigenvalue weighted by atomic mass is 9.81. The van der Waals surface area contributed by atoms with E-state index in [9.17, 15) is 4.79 Å². The number of aliphatic carboxylic acids is 1. The third-order valence-corrected chi connectivity index (χ3v) is 3.37. The zero-order valence-electron chi connectivity index (χ0n) is 11.3. The van der Waals surface area contributed by atoms with Gasteiger partial charge in [-0.25, -0.2) is 0 Å². The number of benzene rings is 2. The van der Waals surface area contributed by atoms with Crippen molar-refractivity contribution >= 4 is 5.97 Å². The van der Waals surface area contributed by atoms with Crippen LogP contribution in [0.4, 0.5) is 0 Å². The maximum atomic E-state index is 10.9. The monoisotopic (exact) mass is 254 g/mol. The van der Waals surface area contributed by atoms with Crippen molar-refractivity contribution in [1.82, 2.24) is 0 Å². The van der Waals surface area contributed by atoms with E-state index in [1.165, 1.54) is 5.56 Å². The molecule has 0 spiro atoms. The van der Waals surface area contributed by atoms with Crippen LogP contribution in [-0.4, -0.2) is 11.1 Å². The van der Waals surface area contributed by atoms with Crippen LogP contribution in [0.25, 0.3) is 11.1 Å². The Labute approximate surface area is 113 Å². The van der Waals surface area contributed by atoms with E-state index in [-0.39, 0.29) is 11.8 Å². The molecule has 0 aliphatic carbocycles. The van der Waals surface area contributed by atoms with Crippen LogP contribution in [0, 0.1) is 0 Å². The van der Waals surface area contributed by atoms with Gasteiger partial charge in [-0.15, -0.1) is 0 Å². The molecule has 2 nitrogen and oxygen atoms in total. The van der Waals surface area contributed by atoms with Gasteiger partial charge in [-0.05, 0) is 16.7 Å². The standard InChI is InChI=1S/C17H18O2/c1-17(2,12-16(18)19)15-10-8-14(9-11-15)13-6-4-3-5-7-13/h3-11H,12H2,1-2H3,(H,18,19). The molecule has 0 fully saturated rings.